The van der Waals surface area contributed by atoms with E-state index < -0.39 is 0 Å². The molecule has 17 heavy (non-hydrogen) atoms. The molecule has 2 aromatic rings. The summed E-state index contributed by atoms with van der Waals surface area (Å²) in [4.78, 5) is 4.17. The van der Waals surface area contributed by atoms with Crippen molar-refractivity contribution in [2.45, 2.75) is 0 Å². The highest BCUT2D eigenvalue weighted by atomic mass is 19.1. The maximum absolute atomic E-state index is 13.3. The molecule has 90 valence electrons. The molecule has 0 radical (unpaired) electrons. The van der Waals surface area contributed by atoms with Gasteiger partial charge in [0.2, 0.25) is 0 Å². The number of nitrogens with two attached hydrogens (primary N) is 1. The fourth-order valence-corrected chi connectivity index (χ4v) is 1.69. The molecule has 1 aromatic heterocycles. The number of hydrogen-bond donors (Lipinski definition) is 2. The maximum Gasteiger partial charge on any atom is 0.134 e. The Morgan fingerprint density at radius 1 is 1.41 bits per heavy atom. The number of fused-ring (bicyclic) bond motifs is 1. The molecule has 0 spiro atoms. The number of nitrogens with zero attached hydrogens (tertiary/aromatic N) is 1. The Kier molecular flexibility index (Phi) is 3.39. The summed E-state index contributed by atoms with van der Waals surface area (Å²) in [6, 6.07) is 4.50. The Hall–Kier alpha value is -1.88. The molecule has 0 bridgehead atoms. The summed E-state index contributed by atoms with van der Waals surface area (Å²) in [6.45, 7) is 1.17. The number of pyridine rings is 1. The van der Waals surface area contributed by atoms with E-state index in [0.29, 0.717) is 30.0 Å². The number of aromatic nitrogens is 1. The van der Waals surface area contributed by atoms with Crippen LogP contribution in [0.15, 0.2) is 24.4 Å². The van der Waals surface area contributed by atoms with E-state index in [9.17, 15) is 4.39 Å². The minimum absolute atomic E-state index is 0.363. The third kappa shape index (κ3) is 2.45. The van der Waals surface area contributed by atoms with Gasteiger partial charge in [-0.15, -0.1) is 0 Å². The molecular formula is C12H14FN3O. The molecule has 0 fully saturated rings. The highest BCUT2D eigenvalue weighted by Crippen LogP contribution is 2.26. The summed E-state index contributed by atoms with van der Waals surface area (Å²) in [5.41, 5.74) is 6.17. The quantitative estimate of drug-likeness (QED) is 0.628. The van der Waals surface area contributed by atoms with Gasteiger partial charge in [0.05, 0.1) is 6.61 Å². The number of benzene rings is 1. The van der Waals surface area contributed by atoms with Gasteiger partial charge < -0.3 is 15.8 Å². The molecule has 1 aromatic carbocycles. The summed E-state index contributed by atoms with van der Waals surface area (Å²) in [5.74, 6) is 0.253. The number of nitrogens with one attached hydrogen (secondary N) is 1. The molecule has 0 aliphatic rings. The van der Waals surface area contributed by atoms with Crippen LogP contribution < -0.4 is 11.1 Å². The van der Waals surface area contributed by atoms with Crippen LogP contribution >= 0.6 is 0 Å². The third-order valence-electron chi connectivity index (χ3n) is 2.48. The molecule has 0 amide bonds. The van der Waals surface area contributed by atoms with Crippen molar-refractivity contribution in [1.82, 2.24) is 4.98 Å². The van der Waals surface area contributed by atoms with E-state index in [-0.39, 0.29) is 5.82 Å². The number of anilines is 2. The highest BCUT2D eigenvalue weighted by molar-refractivity contribution is 5.99. The lowest BCUT2D eigenvalue weighted by Gasteiger charge is -2.09. The number of halogens is 1. The first-order valence-electron chi connectivity index (χ1n) is 5.29. The van der Waals surface area contributed by atoms with Crippen LogP contribution in [0, 0.1) is 5.82 Å². The molecule has 3 N–H and O–H groups in total. The number of hydrogen-bond acceptors (Lipinski definition) is 4. The minimum Gasteiger partial charge on any atom is -0.398 e. The van der Waals surface area contributed by atoms with Gasteiger partial charge in [-0.1, -0.05) is 0 Å². The second-order valence-corrected chi connectivity index (χ2v) is 3.67. The molecule has 0 unspecified atom stereocenters. The number of methoxy groups -OCH3 is 1. The molecule has 0 aliphatic heterocycles. The Morgan fingerprint density at radius 2 is 2.24 bits per heavy atom. The zero-order chi connectivity index (χ0) is 12.3. The Morgan fingerprint density at radius 3 is 3.00 bits per heavy atom. The van der Waals surface area contributed by atoms with Crippen LogP contribution in [0.1, 0.15) is 0 Å². The van der Waals surface area contributed by atoms with E-state index in [1.807, 2.05) is 0 Å². The van der Waals surface area contributed by atoms with Crippen molar-refractivity contribution >= 4 is 22.3 Å². The van der Waals surface area contributed by atoms with Crippen molar-refractivity contribution < 1.29 is 9.13 Å². The van der Waals surface area contributed by atoms with E-state index in [0.717, 1.165) is 5.39 Å². The molecule has 2 rings (SSSR count). The van der Waals surface area contributed by atoms with Gasteiger partial charge in [0, 0.05) is 36.3 Å². The molecule has 0 saturated heterocycles. The van der Waals surface area contributed by atoms with Crippen LogP contribution in [-0.4, -0.2) is 25.2 Å². The van der Waals surface area contributed by atoms with Crippen molar-refractivity contribution in [3.63, 3.8) is 0 Å². The monoisotopic (exact) mass is 235 g/mol. The summed E-state index contributed by atoms with van der Waals surface area (Å²) >= 11 is 0. The van der Waals surface area contributed by atoms with Gasteiger partial charge in [0.1, 0.15) is 11.6 Å². The largest absolute Gasteiger partial charge is 0.398 e. The normalized spacial score (nSPS) is 10.7. The van der Waals surface area contributed by atoms with Crippen molar-refractivity contribution in [1.29, 1.82) is 0 Å². The molecule has 0 aliphatic carbocycles. The van der Waals surface area contributed by atoms with E-state index in [1.54, 1.807) is 19.4 Å². The Bertz CT molecular complexity index is 530. The van der Waals surface area contributed by atoms with Gasteiger partial charge in [0.15, 0.2) is 0 Å². The first-order chi connectivity index (χ1) is 8.22. The Balaban J connectivity index is 2.42. The highest BCUT2D eigenvalue weighted by Gasteiger charge is 2.06. The average molecular weight is 235 g/mol. The second kappa shape index (κ2) is 4.97. The van der Waals surface area contributed by atoms with E-state index in [4.69, 9.17) is 10.5 Å². The summed E-state index contributed by atoms with van der Waals surface area (Å²) in [6.07, 6.45) is 1.64. The van der Waals surface area contributed by atoms with Gasteiger partial charge >= 0.3 is 0 Å². The van der Waals surface area contributed by atoms with E-state index in [1.165, 1.54) is 12.1 Å². The number of rotatable bonds is 4. The lowest BCUT2D eigenvalue weighted by atomic mass is 10.1. The molecule has 0 saturated carbocycles. The predicted molar refractivity (Wildman–Crippen MR) is 66.5 cm³/mol. The standard InChI is InChI=1S/C12H14FN3O/c1-17-5-4-16-12-10-6-8(13)7-11(14)9(10)2-3-15-12/h2-3,6-7H,4-5,14H2,1H3,(H,15,16). The summed E-state index contributed by atoms with van der Waals surface area (Å²) in [7, 11) is 1.62. The lowest BCUT2D eigenvalue weighted by Crippen LogP contribution is -2.09. The van der Waals surface area contributed by atoms with Crippen LogP contribution in [0.25, 0.3) is 10.8 Å². The van der Waals surface area contributed by atoms with Crippen LogP contribution in [0.2, 0.25) is 0 Å². The molecule has 4 nitrogen and oxygen atoms in total. The van der Waals surface area contributed by atoms with Crippen LogP contribution in [0.5, 0.6) is 0 Å². The Labute approximate surface area is 98.6 Å². The average Bonchev–Trinajstić information content (AvgIpc) is 2.30. The van der Waals surface area contributed by atoms with Crippen LogP contribution in [0.3, 0.4) is 0 Å². The summed E-state index contributed by atoms with van der Waals surface area (Å²) < 4.78 is 18.2. The second-order valence-electron chi connectivity index (χ2n) is 3.67. The fourth-order valence-electron chi connectivity index (χ4n) is 1.69. The van der Waals surface area contributed by atoms with Gasteiger partial charge in [-0.25, -0.2) is 9.37 Å². The lowest BCUT2D eigenvalue weighted by molar-refractivity contribution is 0.210. The first kappa shape index (κ1) is 11.6. The van der Waals surface area contributed by atoms with Crippen molar-refractivity contribution in [2.75, 3.05) is 31.3 Å². The maximum atomic E-state index is 13.3. The predicted octanol–water partition coefficient (Wildman–Crippen LogP) is 2.01. The van der Waals surface area contributed by atoms with Gasteiger partial charge in [-0.2, -0.15) is 0 Å². The molecular weight excluding hydrogens is 221 g/mol. The summed E-state index contributed by atoms with van der Waals surface area (Å²) in [5, 5.41) is 4.56. The smallest absolute Gasteiger partial charge is 0.134 e. The van der Waals surface area contributed by atoms with Gasteiger partial charge in [-0.05, 0) is 18.2 Å². The van der Waals surface area contributed by atoms with Gasteiger partial charge in [-0.3, -0.25) is 0 Å². The minimum atomic E-state index is -0.363. The van der Waals surface area contributed by atoms with Gasteiger partial charge in [0.25, 0.3) is 0 Å². The number of nitrogen functional groups attached to an aromatic ring is 1. The van der Waals surface area contributed by atoms with Crippen LogP contribution in [-0.2, 0) is 4.74 Å². The number of ether oxygens (including phenoxy) is 1. The molecule has 5 heteroatoms. The zero-order valence-electron chi connectivity index (χ0n) is 9.53. The molecule has 1 heterocycles. The van der Waals surface area contributed by atoms with Crippen molar-refractivity contribution in [3.05, 3.63) is 30.2 Å². The van der Waals surface area contributed by atoms with E-state index >= 15 is 0 Å². The first-order valence-corrected chi connectivity index (χ1v) is 5.29. The fraction of sp³-hybridized carbons (Fsp3) is 0.250. The zero-order valence-corrected chi connectivity index (χ0v) is 9.53. The topological polar surface area (TPSA) is 60.2 Å². The van der Waals surface area contributed by atoms with Crippen molar-refractivity contribution in [2.24, 2.45) is 0 Å². The van der Waals surface area contributed by atoms with Crippen LogP contribution in [0.4, 0.5) is 15.9 Å². The molecule has 0 atom stereocenters. The van der Waals surface area contributed by atoms with E-state index in [2.05, 4.69) is 10.3 Å². The third-order valence-corrected chi connectivity index (χ3v) is 2.48. The SMILES string of the molecule is COCCNc1nccc2c(N)cc(F)cc12. The van der Waals surface area contributed by atoms with Crippen molar-refractivity contribution in [3.8, 4) is 0 Å².